The first-order chi connectivity index (χ1) is 19.7. The van der Waals surface area contributed by atoms with Gasteiger partial charge >= 0.3 is 0 Å². The normalized spacial score (nSPS) is 11.2. The van der Waals surface area contributed by atoms with Crippen molar-refractivity contribution in [3.05, 3.63) is 96.6 Å². The maximum atomic E-state index is 4.06. The third kappa shape index (κ3) is 6.67. The van der Waals surface area contributed by atoms with Crippen LogP contribution in [0.25, 0.3) is 55.2 Å². The van der Waals surface area contributed by atoms with Crippen molar-refractivity contribution in [1.82, 2.24) is 0 Å². The second kappa shape index (κ2) is 14.8. The molecule has 0 N–H and O–H groups in total. The van der Waals surface area contributed by atoms with Crippen molar-refractivity contribution in [3.8, 4) is 0 Å². The molecule has 0 atom stereocenters. The van der Waals surface area contributed by atoms with Crippen molar-refractivity contribution in [2.45, 2.75) is 91.4 Å². The molecular formula is C40H48. The van der Waals surface area contributed by atoms with E-state index in [0.717, 1.165) is 11.1 Å². The molecule has 0 amide bonds. The van der Waals surface area contributed by atoms with E-state index < -0.39 is 0 Å². The van der Waals surface area contributed by atoms with Gasteiger partial charge in [0.05, 0.1) is 0 Å². The third-order valence-corrected chi connectivity index (χ3v) is 8.14. The van der Waals surface area contributed by atoms with Crippen LogP contribution in [0.4, 0.5) is 0 Å². The molecule has 0 saturated heterocycles. The van der Waals surface area contributed by atoms with Gasteiger partial charge in [-0.3, -0.25) is 0 Å². The lowest BCUT2D eigenvalue weighted by Crippen LogP contribution is -1.89. The van der Waals surface area contributed by atoms with Gasteiger partial charge in [0.15, 0.2) is 0 Å². The number of unbranched alkanes of at least 4 members (excludes halogenated alkanes) is 8. The maximum Gasteiger partial charge on any atom is -0.00987 e. The predicted octanol–water partition coefficient (Wildman–Crippen LogP) is 13.1. The average molecular weight is 529 g/mol. The molecule has 0 unspecified atom stereocenters. The maximum absolute atomic E-state index is 4.06. The summed E-state index contributed by atoms with van der Waals surface area (Å²) >= 11 is 0. The van der Waals surface area contributed by atoms with Crippen LogP contribution in [0.2, 0.25) is 0 Å². The van der Waals surface area contributed by atoms with Gasteiger partial charge in [0.25, 0.3) is 0 Å². The molecule has 5 aromatic carbocycles. The second-order valence-electron chi connectivity index (χ2n) is 11.3. The first-order valence-electron chi connectivity index (χ1n) is 15.7. The molecule has 0 fully saturated rings. The van der Waals surface area contributed by atoms with Gasteiger partial charge in [0, 0.05) is 0 Å². The second-order valence-corrected chi connectivity index (χ2v) is 11.3. The minimum absolute atomic E-state index is 1.13. The molecular weight excluding hydrogens is 480 g/mol. The monoisotopic (exact) mass is 528 g/mol. The van der Waals surface area contributed by atoms with Crippen molar-refractivity contribution in [3.63, 3.8) is 0 Å². The van der Waals surface area contributed by atoms with Gasteiger partial charge in [0.1, 0.15) is 0 Å². The molecule has 0 bridgehead atoms. The fourth-order valence-electron chi connectivity index (χ4n) is 6.07. The molecule has 0 spiro atoms. The van der Waals surface area contributed by atoms with Gasteiger partial charge in [-0.1, -0.05) is 171 Å². The molecule has 0 heteroatoms. The van der Waals surface area contributed by atoms with Crippen molar-refractivity contribution >= 4 is 55.2 Å². The molecule has 0 radical (unpaired) electrons. The first-order valence-corrected chi connectivity index (χ1v) is 15.7. The summed E-state index contributed by atoms with van der Waals surface area (Å²) in [5.41, 5.74) is 3.76. The first kappa shape index (κ1) is 29.6. The fraction of sp³-hybridized carbons (Fsp3) is 0.350. The summed E-state index contributed by atoms with van der Waals surface area (Å²) < 4.78 is 0. The predicted molar refractivity (Wildman–Crippen MR) is 184 cm³/mol. The number of hydrogen-bond acceptors (Lipinski definition) is 0. The van der Waals surface area contributed by atoms with E-state index in [1.54, 1.807) is 0 Å². The highest BCUT2D eigenvalue weighted by Crippen LogP contribution is 2.37. The van der Waals surface area contributed by atoms with Gasteiger partial charge in [0.2, 0.25) is 0 Å². The average Bonchev–Trinajstić information content (AvgIpc) is 2.99. The molecule has 0 aliphatic carbocycles. The molecule has 0 saturated carbocycles. The Hall–Kier alpha value is -3.38. The molecule has 40 heavy (non-hydrogen) atoms. The molecule has 0 aliphatic rings. The highest BCUT2D eigenvalue weighted by molar-refractivity contribution is 6.22. The van der Waals surface area contributed by atoms with Crippen molar-refractivity contribution in [1.29, 1.82) is 0 Å². The Labute approximate surface area is 242 Å². The largest absolute Gasteiger partial charge is 0.0984 e. The van der Waals surface area contributed by atoms with Crippen LogP contribution in [-0.4, -0.2) is 0 Å². The number of benzene rings is 5. The Kier molecular flexibility index (Phi) is 11.0. The Morgan fingerprint density at radius 1 is 0.500 bits per heavy atom. The fourth-order valence-corrected chi connectivity index (χ4v) is 6.07. The van der Waals surface area contributed by atoms with Gasteiger partial charge in [-0.25, -0.2) is 0 Å². The van der Waals surface area contributed by atoms with E-state index in [1.165, 1.54) is 119 Å². The summed E-state index contributed by atoms with van der Waals surface area (Å²) in [6.07, 6.45) is 18.7. The molecule has 5 rings (SSSR count). The highest BCUT2D eigenvalue weighted by atomic mass is 14.1. The quantitative estimate of drug-likeness (QED) is 0.112. The van der Waals surface area contributed by atoms with Crippen molar-refractivity contribution in [2.24, 2.45) is 0 Å². The lowest BCUT2D eigenvalue weighted by molar-refractivity contribution is 0.565. The van der Waals surface area contributed by atoms with E-state index in [-0.39, 0.29) is 0 Å². The van der Waals surface area contributed by atoms with Crippen LogP contribution >= 0.6 is 0 Å². The molecule has 0 heterocycles. The van der Waals surface area contributed by atoms with E-state index in [0.29, 0.717) is 0 Å². The standard InChI is InChI=1S/C37H40.C3H8/c1-4-7-8-9-10-11-12-13-14-15-27-16-19-31-29(26-27)18-21-35-33(31)23-25-36-34-20-17-28(5-2)30(6-3)32(34)22-24-37(35)36;1-3-2/h5-6,16-26H,2-4,7-15H2,1H3;3H2,1-2H3. The SMILES string of the molecule is C=Cc1ccc2c(ccc3c2ccc2c4ccc(CCCCCCCCCCC)cc4ccc23)c1C=C.CCC. The zero-order valence-corrected chi connectivity index (χ0v) is 25.2. The number of fused-ring (bicyclic) bond motifs is 7. The molecule has 5 aromatic rings. The summed E-state index contributed by atoms with van der Waals surface area (Å²) in [7, 11) is 0. The minimum Gasteiger partial charge on any atom is -0.0984 e. The Morgan fingerprint density at radius 3 is 1.57 bits per heavy atom. The van der Waals surface area contributed by atoms with Crippen LogP contribution in [0.5, 0.6) is 0 Å². The molecule has 0 aliphatic heterocycles. The summed E-state index contributed by atoms with van der Waals surface area (Å²) in [6.45, 7) is 14.6. The van der Waals surface area contributed by atoms with Crippen LogP contribution in [-0.2, 0) is 6.42 Å². The number of rotatable bonds is 12. The smallest absolute Gasteiger partial charge is 0.00987 e. The van der Waals surface area contributed by atoms with E-state index >= 15 is 0 Å². The van der Waals surface area contributed by atoms with Gasteiger partial charge in [-0.05, 0) is 72.6 Å². The van der Waals surface area contributed by atoms with Gasteiger partial charge in [-0.2, -0.15) is 0 Å². The summed E-state index contributed by atoms with van der Waals surface area (Å²) in [5, 5.41) is 10.5. The lowest BCUT2D eigenvalue weighted by atomic mass is 9.91. The van der Waals surface area contributed by atoms with Crippen LogP contribution in [0.15, 0.2) is 79.9 Å². The molecule has 208 valence electrons. The zero-order valence-electron chi connectivity index (χ0n) is 25.2. The summed E-state index contributed by atoms with van der Waals surface area (Å²) in [6, 6.07) is 25.3. The van der Waals surface area contributed by atoms with E-state index in [4.69, 9.17) is 0 Å². The van der Waals surface area contributed by atoms with Gasteiger partial charge < -0.3 is 0 Å². The van der Waals surface area contributed by atoms with E-state index in [9.17, 15) is 0 Å². The zero-order chi connectivity index (χ0) is 28.3. The Balaban J connectivity index is 0.00000118. The summed E-state index contributed by atoms with van der Waals surface area (Å²) in [4.78, 5) is 0. The minimum atomic E-state index is 1.13. The van der Waals surface area contributed by atoms with E-state index in [2.05, 4.69) is 101 Å². The van der Waals surface area contributed by atoms with Crippen LogP contribution in [0.3, 0.4) is 0 Å². The van der Waals surface area contributed by atoms with Crippen LogP contribution in [0, 0.1) is 0 Å². The Bertz CT molecular complexity index is 1580. The topological polar surface area (TPSA) is 0 Å². The van der Waals surface area contributed by atoms with Crippen LogP contribution < -0.4 is 0 Å². The molecule has 0 nitrogen and oxygen atoms in total. The van der Waals surface area contributed by atoms with Crippen LogP contribution in [0.1, 0.15) is 102 Å². The highest BCUT2D eigenvalue weighted by Gasteiger charge is 2.10. The van der Waals surface area contributed by atoms with Gasteiger partial charge in [-0.15, -0.1) is 0 Å². The van der Waals surface area contributed by atoms with Crippen molar-refractivity contribution < 1.29 is 0 Å². The molecule has 0 aromatic heterocycles. The van der Waals surface area contributed by atoms with E-state index in [1.807, 2.05) is 12.2 Å². The number of hydrogen-bond donors (Lipinski definition) is 0. The number of aryl methyl sites for hydroxylation is 1. The lowest BCUT2D eigenvalue weighted by Gasteiger charge is -2.13. The Morgan fingerprint density at radius 2 is 0.975 bits per heavy atom. The third-order valence-electron chi connectivity index (χ3n) is 8.14. The summed E-state index contributed by atoms with van der Waals surface area (Å²) in [5.74, 6) is 0. The van der Waals surface area contributed by atoms with Crippen molar-refractivity contribution in [2.75, 3.05) is 0 Å².